The Morgan fingerprint density at radius 1 is 1.32 bits per heavy atom. The number of aromatic amines is 1. The van der Waals surface area contributed by atoms with Crippen LogP contribution >= 0.6 is 0 Å². The summed E-state index contributed by atoms with van der Waals surface area (Å²) >= 11 is 0. The minimum absolute atomic E-state index is 0.452. The summed E-state index contributed by atoms with van der Waals surface area (Å²) in [7, 11) is 0. The quantitative estimate of drug-likeness (QED) is 0.833. The zero-order valence-electron chi connectivity index (χ0n) is 13.2. The van der Waals surface area contributed by atoms with Crippen LogP contribution in [-0.4, -0.2) is 46.3 Å². The second-order valence-electron chi connectivity index (χ2n) is 5.96. The molecular formula is C17H24N4O. The highest BCUT2D eigenvalue weighted by Gasteiger charge is 2.23. The zero-order chi connectivity index (χ0) is 15.2. The van der Waals surface area contributed by atoms with Crippen LogP contribution in [0.15, 0.2) is 30.3 Å². The summed E-state index contributed by atoms with van der Waals surface area (Å²) in [6, 6.07) is 10.3. The molecule has 118 valence electrons. The Morgan fingerprint density at radius 2 is 2.18 bits per heavy atom. The fourth-order valence-electron chi connectivity index (χ4n) is 2.97. The standard InChI is InChI=1S/C17H24N4O/c1-14-18-17(20-19-14)16-8-5-9-21(12-16)10-11-22-13-15-6-3-2-4-7-15/h2-4,6-7,16H,5,8-13H2,1H3,(H,18,19,20)/t16-/m0/s1. The number of nitrogens with zero attached hydrogens (tertiary/aromatic N) is 3. The molecule has 1 aromatic heterocycles. The molecule has 0 spiro atoms. The number of aromatic nitrogens is 3. The fourth-order valence-corrected chi connectivity index (χ4v) is 2.97. The second-order valence-corrected chi connectivity index (χ2v) is 5.96. The van der Waals surface area contributed by atoms with Crippen molar-refractivity contribution in [1.82, 2.24) is 20.1 Å². The fraction of sp³-hybridized carbons (Fsp3) is 0.529. The van der Waals surface area contributed by atoms with E-state index >= 15 is 0 Å². The van der Waals surface area contributed by atoms with Gasteiger partial charge in [0.15, 0.2) is 5.82 Å². The van der Waals surface area contributed by atoms with E-state index in [1.165, 1.54) is 18.4 Å². The minimum Gasteiger partial charge on any atom is -0.375 e. The van der Waals surface area contributed by atoms with Gasteiger partial charge in [-0.15, -0.1) is 0 Å². The number of nitrogens with one attached hydrogen (secondary N) is 1. The number of rotatable bonds is 6. The predicted molar refractivity (Wildman–Crippen MR) is 85.6 cm³/mol. The van der Waals surface area contributed by atoms with E-state index in [4.69, 9.17) is 4.74 Å². The van der Waals surface area contributed by atoms with E-state index in [2.05, 4.69) is 32.2 Å². The van der Waals surface area contributed by atoms with Crippen LogP contribution in [0.5, 0.6) is 0 Å². The first-order valence-electron chi connectivity index (χ1n) is 8.04. The molecule has 5 nitrogen and oxygen atoms in total. The zero-order valence-corrected chi connectivity index (χ0v) is 13.2. The van der Waals surface area contributed by atoms with Gasteiger partial charge in [0.1, 0.15) is 5.82 Å². The van der Waals surface area contributed by atoms with E-state index < -0.39 is 0 Å². The van der Waals surface area contributed by atoms with E-state index in [-0.39, 0.29) is 0 Å². The molecule has 2 aromatic rings. The smallest absolute Gasteiger partial charge is 0.155 e. The highest BCUT2D eigenvalue weighted by Crippen LogP contribution is 2.24. The first kappa shape index (κ1) is 15.2. The second kappa shape index (κ2) is 7.51. The van der Waals surface area contributed by atoms with Crippen molar-refractivity contribution in [2.75, 3.05) is 26.2 Å². The van der Waals surface area contributed by atoms with Crippen LogP contribution in [0.4, 0.5) is 0 Å². The van der Waals surface area contributed by atoms with E-state index in [1.807, 2.05) is 25.1 Å². The van der Waals surface area contributed by atoms with Crippen LogP contribution in [0.2, 0.25) is 0 Å². The molecule has 0 aliphatic carbocycles. The van der Waals surface area contributed by atoms with Crippen LogP contribution in [0.25, 0.3) is 0 Å². The third kappa shape index (κ3) is 4.15. The van der Waals surface area contributed by atoms with Crippen LogP contribution in [0.3, 0.4) is 0 Å². The Morgan fingerprint density at radius 3 is 2.95 bits per heavy atom. The van der Waals surface area contributed by atoms with Crippen LogP contribution < -0.4 is 0 Å². The number of benzene rings is 1. The van der Waals surface area contributed by atoms with Gasteiger partial charge >= 0.3 is 0 Å². The molecular weight excluding hydrogens is 276 g/mol. The van der Waals surface area contributed by atoms with Crippen molar-refractivity contribution in [3.8, 4) is 0 Å². The molecule has 22 heavy (non-hydrogen) atoms. The van der Waals surface area contributed by atoms with Crippen molar-refractivity contribution in [1.29, 1.82) is 0 Å². The summed E-state index contributed by atoms with van der Waals surface area (Å²) in [5.41, 5.74) is 1.23. The maximum Gasteiger partial charge on any atom is 0.155 e. The molecule has 0 saturated carbocycles. The third-order valence-electron chi connectivity index (χ3n) is 4.15. The Hall–Kier alpha value is -1.72. The summed E-state index contributed by atoms with van der Waals surface area (Å²) in [4.78, 5) is 6.94. The topological polar surface area (TPSA) is 54.0 Å². The molecule has 1 aliphatic heterocycles. The van der Waals surface area contributed by atoms with Crippen molar-refractivity contribution in [3.05, 3.63) is 47.5 Å². The molecule has 1 fully saturated rings. The SMILES string of the molecule is Cc1nc([C@H]2CCCN(CCOCc3ccccc3)C2)n[nH]1. The van der Waals surface area contributed by atoms with Gasteiger partial charge in [-0.25, -0.2) is 4.98 Å². The average Bonchev–Trinajstić information content (AvgIpc) is 3.00. The maximum atomic E-state index is 5.79. The summed E-state index contributed by atoms with van der Waals surface area (Å²) in [6.45, 7) is 6.58. The molecule has 0 bridgehead atoms. The molecule has 1 N–H and O–H groups in total. The largest absolute Gasteiger partial charge is 0.375 e. The lowest BCUT2D eigenvalue weighted by molar-refractivity contribution is 0.0824. The van der Waals surface area contributed by atoms with E-state index in [1.54, 1.807) is 0 Å². The number of hydrogen-bond donors (Lipinski definition) is 1. The van der Waals surface area contributed by atoms with Crippen molar-refractivity contribution < 1.29 is 4.74 Å². The lowest BCUT2D eigenvalue weighted by atomic mass is 9.97. The predicted octanol–water partition coefficient (Wildman–Crippen LogP) is 2.51. The lowest BCUT2D eigenvalue weighted by Crippen LogP contribution is -2.37. The third-order valence-corrected chi connectivity index (χ3v) is 4.15. The Bertz CT molecular complexity index is 569. The van der Waals surface area contributed by atoms with Crippen molar-refractivity contribution >= 4 is 0 Å². The van der Waals surface area contributed by atoms with Gasteiger partial charge in [0.25, 0.3) is 0 Å². The highest BCUT2D eigenvalue weighted by molar-refractivity contribution is 5.13. The van der Waals surface area contributed by atoms with Gasteiger partial charge in [-0.1, -0.05) is 30.3 Å². The first-order chi connectivity index (χ1) is 10.8. The highest BCUT2D eigenvalue weighted by atomic mass is 16.5. The minimum atomic E-state index is 0.452. The van der Waals surface area contributed by atoms with Gasteiger partial charge in [-0.05, 0) is 31.9 Å². The first-order valence-corrected chi connectivity index (χ1v) is 8.04. The van der Waals surface area contributed by atoms with Gasteiger partial charge in [0, 0.05) is 19.0 Å². The number of piperidine rings is 1. The van der Waals surface area contributed by atoms with E-state index in [0.717, 1.165) is 37.9 Å². The molecule has 3 rings (SSSR count). The summed E-state index contributed by atoms with van der Waals surface area (Å²) in [5.74, 6) is 2.32. The number of aryl methyl sites for hydroxylation is 1. The number of ether oxygens (including phenoxy) is 1. The molecule has 0 unspecified atom stereocenters. The Labute approximate surface area is 131 Å². The Kier molecular flexibility index (Phi) is 5.19. The molecule has 2 heterocycles. The van der Waals surface area contributed by atoms with Gasteiger partial charge in [0.05, 0.1) is 13.2 Å². The molecule has 0 amide bonds. The van der Waals surface area contributed by atoms with Gasteiger partial charge in [-0.3, -0.25) is 5.10 Å². The van der Waals surface area contributed by atoms with Crippen molar-refractivity contribution in [3.63, 3.8) is 0 Å². The lowest BCUT2D eigenvalue weighted by Gasteiger charge is -2.31. The monoisotopic (exact) mass is 300 g/mol. The van der Waals surface area contributed by atoms with E-state index in [0.29, 0.717) is 12.5 Å². The molecule has 5 heteroatoms. The number of likely N-dealkylation sites (tertiary alicyclic amines) is 1. The molecule has 1 atom stereocenters. The number of H-pyrrole nitrogens is 1. The Balaban J connectivity index is 1.41. The summed E-state index contributed by atoms with van der Waals surface area (Å²) in [5, 5.41) is 7.26. The normalized spacial score (nSPS) is 19.4. The van der Waals surface area contributed by atoms with Gasteiger partial charge < -0.3 is 9.64 Å². The molecule has 1 aromatic carbocycles. The number of hydrogen-bond acceptors (Lipinski definition) is 4. The van der Waals surface area contributed by atoms with Crippen LogP contribution in [0, 0.1) is 6.92 Å². The molecule has 1 saturated heterocycles. The van der Waals surface area contributed by atoms with Crippen molar-refractivity contribution in [2.45, 2.75) is 32.3 Å². The summed E-state index contributed by atoms with van der Waals surface area (Å²) in [6.07, 6.45) is 2.38. The maximum absolute atomic E-state index is 5.79. The van der Waals surface area contributed by atoms with Gasteiger partial charge in [0.2, 0.25) is 0 Å². The summed E-state index contributed by atoms with van der Waals surface area (Å²) < 4.78 is 5.79. The van der Waals surface area contributed by atoms with Crippen LogP contribution in [-0.2, 0) is 11.3 Å². The van der Waals surface area contributed by atoms with E-state index in [9.17, 15) is 0 Å². The van der Waals surface area contributed by atoms with Gasteiger partial charge in [-0.2, -0.15) is 5.10 Å². The molecule has 1 aliphatic rings. The average molecular weight is 300 g/mol. The van der Waals surface area contributed by atoms with Crippen LogP contribution in [0.1, 0.15) is 36.0 Å². The van der Waals surface area contributed by atoms with Crippen molar-refractivity contribution in [2.24, 2.45) is 0 Å². The molecule has 0 radical (unpaired) electrons.